The van der Waals surface area contributed by atoms with Gasteiger partial charge in [0.2, 0.25) is 0 Å². The summed E-state index contributed by atoms with van der Waals surface area (Å²) in [5, 5.41) is 9.65. The molecule has 0 unspecified atom stereocenters. The normalized spacial score (nSPS) is 21.0. The molecule has 1 aliphatic rings. The highest BCUT2D eigenvalue weighted by Crippen LogP contribution is 2.38. The molecule has 1 aromatic carbocycles. The fourth-order valence-electron chi connectivity index (χ4n) is 2.19. The van der Waals surface area contributed by atoms with E-state index in [9.17, 15) is 9.50 Å². The molecule has 14 heavy (non-hydrogen) atoms. The van der Waals surface area contributed by atoms with Crippen LogP contribution in [0.2, 0.25) is 0 Å². The van der Waals surface area contributed by atoms with Crippen LogP contribution in [0.15, 0.2) is 18.2 Å². The third kappa shape index (κ3) is 1.44. The molecule has 1 aromatic rings. The van der Waals surface area contributed by atoms with Gasteiger partial charge in [-0.1, -0.05) is 18.2 Å². The minimum absolute atomic E-state index is 0.396. The van der Waals surface area contributed by atoms with Crippen molar-refractivity contribution in [1.82, 2.24) is 0 Å². The number of rotatable bonds is 1. The van der Waals surface area contributed by atoms with Crippen LogP contribution in [-0.4, -0.2) is 5.11 Å². The molecule has 0 bridgehead atoms. The monoisotopic (exact) mass is 194 g/mol. The van der Waals surface area contributed by atoms with Gasteiger partial charge >= 0.3 is 0 Å². The van der Waals surface area contributed by atoms with Gasteiger partial charge in [-0.25, -0.2) is 4.39 Å². The van der Waals surface area contributed by atoms with Gasteiger partial charge in [-0.2, -0.15) is 0 Å². The second kappa shape index (κ2) is 3.06. The molecule has 2 rings (SSSR count). The van der Waals surface area contributed by atoms with E-state index in [1.54, 1.807) is 13.8 Å². The first-order valence-corrected chi connectivity index (χ1v) is 4.99. The first-order valence-electron chi connectivity index (χ1n) is 4.99. The Morgan fingerprint density at radius 3 is 2.79 bits per heavy atom. The fraction of sp³-hybridized carbons (Fsp3) is 0.500. The Balaban J connectivity index is 2.55. The number of fused-ring (bicyclic) bond motifs is 1. The summed E-state index contributed by atoms with van der Waals surface area (Å²) in [4.78, 5) is 0. The Morgan fingerprint density at radius 2 is 2.14 bits per heavy atom. The van der Waals surface area contributed by atoms with Crippen LogP contribution in [0, 0.1) is 0 Å². The van der Waals surface area contributed by atoms with Crippen molar-refractivity contribution in [3.05, 3.63) is 34.9 Å². The largest absolute Gasteiger partial charge is 0.388 e. The van der Waals surface area contributed by atoms with Crippen molar-refractivity contribution < 1.29 is 9.50 Å². The highest BCUT2D eigenvalue weighted by molar-refractivity contribution is 5.42. The highest BCUT2D eigenvalue weighted by atomic mass is 19.1. The predicted octanol–water partition coefficient (Wildman–Crippen LogP) is 2.87. The maximum absolute atomic E-state index is 13.8. The molecular weight excluding hydrogens is 179 g/mol. The Bertz CT molecular complexity index is 352. The molecule has 76 valence electrons. The number of aliphatic hydroxyl groups excluding tert-OH is 1. The molecule has 1 nitrogen and oxygen atoms in total. The van der Waals surface area contributed by atoms with Crippen molar-refractivity contribution in [2.75, 3.05) is 0 Å². The van der Waals surface area contributed by atoms with Gasteiger partial charge in [0.1, 0.15) is 5.67 Å². The lowest BCUT2D eigenvalue weighted by Crippen LogP contribution is -2.12. The average Bonchev–Trinajstić information content (AvgIpc) is 2.46. The van der Waals surface area contributed by atoms with Crippen molar-refractivity contribution >= 4 is 0 Å². The van der Waals surface area contributed by atoms with Crippen molar-refractivity contribution in [3.63, 3.8) is 0 Å². The zero-order valence-electron chi connectivity index (χ0n) is 8.55. The standard InChI is InChI=1S/C12H15FO/c1-12(2,13)10-5-3-4-9-8(10)6-7-11(9)14/h3-5,11,14H,6-7H2,1-2H3/t11-/m0/s1. The van der Waals surface area contributed by atoms with Gasteiger partial charge in [-0.05, 0) is 43.4 Å². The molecule has 0 radical (unpaired) electrons. The van der Waals surface area contributed by atoms with Gasteiger partial charge in [0, 0.05) is 0 Å². The van der Waals surface area contributed by atoms with Crippen molar-refractivity contribution in [1.29, 1.82) is 0 Å². The van der Waals surface area contributed by atoms with Crippen LogP contribution in [0.3, 0.4) is 0 Å². The summed E-state index contributed by atoms with van der Waals surface area (Å²) in [7, 11) is 0. The van der Waals surface area contributed by atoms with E-state index >= 15 is 0 Å². The van der Waals surface area contributed by atoms with Gasteiger partial charge in [-0.15, -0.1) is 0 Å². The molecule has 0 saturated carbocycles. The summed E-state index contributed by atoms with van der Waals surface area (Å²) in [6, 6.07) is 5.53. The zero-order valence-corrected chi connectivity index (χ0v) is 8.55. The first-order chi connectivity index (χ1) is 6.50. The van der Waals surface area contributed by atoms with E-state index in [1.807, 2.05) is 18.2 Å². The van der Waals surface area contributed by atoms with Crippen LogP contribution in [-0.2, 0) is 12.1 Å². The minimum Gasteiger partial charge on any atom is -0.388 e. The highest BCUT2D eigenvalue weighted by Gasteiger charge is 2.29. The van der Waals surface area contributed by atoms with Crippen molar-refractivity contribution in [2.24, 2.45) is 0 Å². The molecule has 1 N–H and O–H groups in total. The van der Waals surface area contributed by atoms with Crippen molar-refractivity contribution in [2.45, 2.75) is 38.5 Å². The molecule has 0 aromatic heterocycles. The minimum atomic E-state index is -1.31. The molecule has 0 saturated heterocycles. The van der Waals surface area contributed by atoms with Crippen LogP contribution in [0.1, 0.15) is 43.1 Å². The Kier molecular flexibility index (Phi) is 2.11. The summed E-state index contributed by atoms with van der Waals surface area (Å²) in [5.41, 5.74) is 1.34. The molecular formula is C12H15FO. The SMILES string of the molecule is CC(C)(F)c1cccc2c1CC[C@@H]2O. The topological polar surface area (TPSA) is 20.2 Å². The maximum atomic E-state index is 13.8. The van der Waals surface area contributed by atoms with Gasteiger partial charge < -0.3 is 5.11 Å². The Hall–Kier alpha value is -0.890. The van der Waals surface area contributed by atoms with Crippen LogP contribution in [0.4, 0.5) is 4.39 Å². The average molecular weight is 194 g/mol. The second-order valence-electron chi connectivity index (χ2n) is 4.40. The molecule has 0 heterocycles. The third-order valence-corrected chi connectivity index (χ3v) is 2.88. The van der Waals surface area contributed by atoms with E-state index in [0.29, 0.717) is 0 Å². The number of alkyl halides is 1. The Labute approximate surface area is 83.6 Å². The summed E-state index contributed by atoms with van der Waals surface area (Å²) < 4.78 is 13.8. The first kappa shape index (κ1) is 9.66. The Morgan fingerprint density at radius 1 is 1.43 bits per heavy atom. The number of benzene rings is 1. The van der Waals surface area contributed by atoms with Gasteiger partial charge in [0.25, 0.3) is 0 Å². The molecule has 0 aliphatic heterocycles. The number of halogens is 1. The maximum Gasteiger partial charge on any atom is 0.130 e. The molecule has 2 heteroatoms. The lowest BCUT2D eigenvalue weighted by molar-refractivity contribution is 0.180. The number of aliphatic hydroxyl groups is 1. The van der Waals surface area contributed by atoms with Crippen LogP contribution in [0.25, 0.3) is 0 Å². The fourth-order valence-corrected chi connectivity index (χ4v) is 2.19. The van der Waals surface area contributed by atoms with Crippen molar-refractivity contribution in [3.8, 4) is 0 Å². The number of hydrogen-bond donors (Lipinski definition) is 1. The van der Waals surface area contributed by atoms with E-state index in [0.717, 1.165) is 29.5 Å². The van der Waals surface area contributed by atoms with Crippen LogP contribution >= 0.6 is 0 Å². The summed E-state index contributed by atoms with van der Waals surface area (Å²) in [5.74, 6) is 0. The third-order valence-electron chi connectivity index (χ3n) is 2.88. The summed E-state index contributed by atoms with van der Waals surface area (Å²) >= 11 is 0. The lowest BCUT2D eigenvalue weighted by atomic mass is 9.92. The number of hydrogen-bond acceptors (Lipinski definition) is 1. The van der Waals surface area contributed by atoms with E-state index in [4.69, 9.17) is 0 Å². The van der Waals surface area contributed by atoms with Gasteiger partial charge in [-0.3, -0.25) is 0 Å². The zero-order chi connectivity index (χ0) is 10.3. The smallest absolute Gasteiger partial charge is 0.130 e. The molecule has 0 amide bonds. The quantitative estimate of drug-likeness (QED) is 0.728. The van der Waals surface area contributed by atoms with Crippen LogP contribution in [0.5, 0.6) is 0 Å². The van der Waals surface area contributed by atoms with E-state index in [1.165, 1.54) is 0 Å². The van der Waals surface area contributed by atoms with Gasteiger partial charge in [0.15, 0.2) is 0 Å². The molecule has 1 atom stereocenters. The molecule has 0 spiro atoms. The van der Waals surface area contributed by atoms with E-state index < -0.39 is 11.8 Å². The van der Waals surface area contributed by atoms with Gasteiger partial charge in [0.05, 0.1) is 6.10 Å². The van der Waals surface area contributed by atoms with E-state index in [2.05, 4.69) is 0 Å². The van der Waals surface area contributed by atoms with Crippen LogP contribution < -0.4 is 0 Å². The molecule has 0 fully saturated rings. The summed E-state index contributed by atoms with van der Waals surface area (Å²) in [6.07, 6.45) is 1.12. The lowest BCUT2D eigenvalue weighted by Gasteiger charge is -2.18. The summed E-state index contributed by atoms with van der Waals surface area (Å²) in [6.45, 7) is 3.13. The van der Waals surface area contributed by atoms with E-state index in [-0.39, 0.29) is 0 Å². The predicted molar refractivity (Wildman–Crippen MR) is 53.9 cm³/mol. The molecule has 1 aliphatic carbocycles. The second-order valence-corrected chi connectivity index (χ2v) is 4.40.